The first-order valence-electron chi connectivity index (χ1n) is 4.21. The zero-order chi connectivity index (χ0) is 8.77. The van der Waals surface area contributed by atoms with Crippen LogP contribution in [0.2, 0.25) is 0 Å². The molecule has 0 saturated carbocycles. The van der Waals surface area contributed by atoms with Gasteiger partial charge in [0.2, 0.25) is 0 Å². The summed E-state index contributed by atoms with van der Waals surface area (Å²) in [5.74, 6) is 0.0350. The van der Waals surface area contributed by atoms with E-state index in [0.717, 1.165) is 6.42 Å². The monoisotopic (exact) mass is 171 g/mol. The van der Waals surface area contributed by atoms with Gasteiger partial charge in [-0.1, -0.05) is 0 Å². The third kappa shape index (κ3) is 1.21. The first kappa shape index (κ1) is 8.01. The zero-order valence-electron chi connectivity index (χ0n) is 7.12. The normalized spacial score (nSPS) is 32.2. The van der Waals surface area contributed by atoms with Gasteiger partial charge in [0.15, 0.2) is 0 Å². The van der Waals surface area contributed by atoms with Crippen LogP contribution in [0.4, 0.5) is 0 Å². The molecule has 12 heavy (non-hydrogen) atoms. The lowest BCUT2D eigenvalue weighted by Crippen LogP contribution is -2.64. The number of nitrogens with zero attached hydrogens (tertiary/aromatic N) is 1. The minimum absolute atomic E-state index is 0.0350. The SMILES string of the molecule is CC1(O)CN(C(=O)C2CCO2)C1. The molecule has 4 nitrogen and oxygen atoms in total. The van der Waals surface area contributed by atoms with Crippen LogP contribution in [0.15, 0.2) is 0 Å². The van der Waals surface area contributed by atoms with Crippen molar-refractivity contribution in [2.45, 2.75) is 25.0 Å². The highest BCUT2D eigenvalue weighted by Crippen LogP contribution is 2.23. The summed E-state index contributed by atoms with van der Waals surface area (Å²) >= 11 is 0. The number of hydrogen-bond donors (Lipinski definition) is 1. The average Bonchev–Trinajstić information content (AvgIpc) is 1.77. The van der Waals surface area contributed by atoms with Gasteiger partial charge in [0.25, 0.3) is 5.91 Å². The highest BCUT2D eigenvalue weighted by Gasteiger charge is 2.43. The largest absolute Gasteiger partial charge is 0.386 e. The summed E-state index contributed by atoms with van der Waals surface area (Å²) in [6, 6.07) is 0. The average molecular weight is 171 g/mol. The molecule has 0 aromatic rings. The van der Waals surface area contributed by atoms with Crippen molar-refractivity contribution < 1.29 is 14.6 Å². The van der Waals surface area contributed by atoms with Gasteiger partial charge in [-0.25, -0.2) is 0 Å². The molecule has 68 valence electrons. The van der Waals surface area contributed by atoms with Gasteiger partial charge in [-0.2, -0.15) is 0 Å². The molecular formula is C8H13NO3. The fourth-order valence-electron chi connectivity index (χ4n) is 1.57. The molecule has 2 rings (SSSR count). The Morgan fingerprint density at radius 2 is 2.25 bits per heavy atom. The van der Waals surface area contributed by atoms with E-state index in [4.69, 9.17) is 4.74 Å². The number of aliphatic hydroxyl groups is 1. The van der Waals surface area contributed by atoms with Crippen molar-refractivity contribution in [3.8, 4) is 0 Å². The zero-order valence-corrected chi connectivity index (χ0v) is 7.12. The van der Waals surface area contributed by atoms with Crippen LogP contribution < -0.4 is 0 Å². The minimum atomic E-state index is -0.667. The van der Waals surface area contributed by atoms with E-state index in [2.05, 4.69) is 0 Å². The van der Waals surface area contributed by atoms with E-state index in [1.54, 1.807) is 11.8 Å². The predicted octanol–water partition coefficient (Wildman–Crippen LogP) is -0.631. The van der Waals surface area contributed by atoms with Gasteiger partial charge < -0.3 is 14.7 Å². The Balaban J connectivity index is 1.83. The number of likely N-dealkylation sites (tertiary alicyclic amines) is 1. The molecule has 2 saturated heterocycles. The van der Waals surface area contributed by atoms with Crippen molar-refractivity contribution in [3.63, 3.8) is 0 Å². The molecule has 2 aliphatic heterocycles. The van der Waals surface area contributed by atoms with Crippen LogP contribution >= 0.6 is 0 Å². The van der Waals surface area contributed by atoms with E-state index in [1.807, 2.05) is 0 Å². The summed E-state index contributed by atoms with van der Waals surface area (Å²) < 4.78 is 5.04. The standard InChI is InChI=1S/C8H13NO3/c1-8(11)4-9(5-8)7(10)6-2-3-12-6/h6,11H,2-5H2,1H3. The molecule has 0 aromatic heterocycles. The summed E-state index contributed by atoms with van der Waals surface area (Å²) in [6.45, 7) is 3.33. The predicted molar refractivity (Wildman–Crippen MR) is 41.6 cm³/mol. The van der Waals surface area contributed by atoms with Gasteiger partial charge in [-0.15, -0.1) is 0 Å². The number of amides is 1. The molecule has 4 heteroatoms. The highest BCUT2D eigenvalue weighted by molar-refractivity contribution is 5.82. The van der Waals surface area contributed by atoms with Crippen molar-refractivity contribution in [2.24, 2.45) is 0 Å². The fraction of sp³-hybridized carbons (Fsp3) is 0.875. The van der Waals surface area contributed by atoms with Crippen molar-refractivity contribution >= 4 is 5.91 Å². The number of carbonyl (C=O) groups excluding carboxylic acids is 1. The van der Waals surface area contributed by atoms with Crippen molar-refractivity contribution in [1.82, 2.24) is 4.90 Å². The Hall–Kier alpha value is -0.610. The highest BCUT2D eigenvalue weighted by atomic mass is 16.5. The molecule has 1 atom stereocenters. The van der Waals surface area contributed by atoms with Crippen LogP contribution in [0.5, 0.6) is 0 Å². The first-order chi connectivity index (χ1) is 5.58. The number of hydrogen-bond acceptors (Lipinski definition) is 3. The smallest absolute Gasteiger partial charge is 0.251 e. The van der Waals surface area contributed by atoms with E-state index in [1.165, 1.54) is 0 Å². The molecule has 1 amide bonds. The van der Waals surface area contributed by atoms with Gasteiger partial charge in [0, 0.05) is 6.42 Å². The molecule has 0 spiro atoms. The minimum Gasteiger partial charge on any atom is -0.386 e. The molecular weight excluding hydrogens is 158 g/mol. The quantitative estimate of drug-likeness (QED) is 0.571. The summed E-state index contributed by atoms with van der Waals surface area (Å²) in [5.41, 5.74) is -0.667. The van der Waals surface area contributed by atoms with E-state index >= 15 is 0 Å². The molecule has 0 aromatic carbocycles. The Kier molecular flexibility index (Phi) is 1.63. The van der Waals surface area contributed by atoms with E-state index in [9.17, 15) is 9.90 Å². The number of rotatable bonds is 1. The lowest BCUT2D eigenvalue weighted by Gasteiger charge is -2.46. The van der Waals surface area contributed by atoms with Crippen molar-refractivity contribution in [2.75, 3.05) is 19.7 Å². The summed E-state index contributed by atoms with van der Waals surface area (Å²) in [4.78, 5) is 13.0. The molecule has 0 bridgehead atoms. The molecule has 1 N–H and O–H groups in total. The lowest BCUT2D eigenvalue weighted by atomic mass is 9.95. The number of ether oxygens (including phenoxy) is 1. The fourth-order valence-corrected chi connectivity index (χ4v) is 1.57. The molecule has 1 unspecified atom stereocenters. The van der Waals surface area contributed by atoms with Gasteiger partial charge in [0.05, 0.1) is 25.3 Å². The number of carbonyl (C=O) groups is 1. The van der Waals surface area contributed by atoms with Crippen LogP contribution in [0.1, 0.15) is 13.3 Å². The molecule has 0 aliphatic carbocycles. The second-order valence-electron chi connectivity index (χ2n) is 3.84. The topological polar surface area (TPSA) is 49.8 Å². The van der Waals surface area contributed by atoms with E-state index < -0.39 is 5.60 Å². The molecule has 0 radical (unpaired) electrons. The Morgan fingerprint density at radius 3 is 2.58 bits per heavy atom. The van der Waals surface area contributed by atoms with Crippen molar-refractivity contribution in [3.05, 3.63) is 0 Å². The van der Waals surface area contributed by atoms with Gasteiger partial charge in [0.1, 0.15) is 6.10 Å². The van der Waals surface area contributed by atoms with Crippen LogP contribution in [0.3, 0.4) is 0 Å². The summed E-state index contributed by atoms with van der Waals surface area (Å²) in [7, 11) is 0. The van der Waals surface area contributed by atoms with Crippen LogP contribution in [0, 0.1) is 0 Å². The molecule has 2 aliphatic rings. The van der Waals surface area contributed by atoms with Crippen LogP contribution in [-0.2, 0) is 9.53 Å². The first-order valence-corrected chi connectivity index (χ1v) is 4.21. The second kappa shape index (κ2) is 2.44. The van der Waals surface area contributed by atoms with Crippen LogP contribution in [-0.4, -0.2) is 47.3 Å². The maximum Gasteiger partial charge on any atom is 0.251 e. The van der Waals surface area contributed by atoms with Gasteiger partial charge >= 0.3 is 0 Å². The van der Waals surface area contributed by atoms with E-state index in [-0.39, 0.29) is 12.0 Å². The summed E-state index contributed by atoms with van der Waals surface area (Å²) in [6.07, 6.45) is 0.610. The molecule has 2 fully saturated rings. The maximum atomic E-state index is 11.4. The second-order valence-corrected chi connectivity index (χ2v) is 3.84. The Labute approximate surface area is 71.1 Å². The lowest BCUT2D eigenvalue weighted by molar-refractivity contribution is -0.174. The Bertz CT molecular complexity index is 202. The number of β-amino-alcohol motifs (C(OH)–C–C–N with tert-alkyl or cyclic N) is 1. The third-order valence-electron chi connectivity index (χ3n) is 2.35. The maximum absolute atomic E-state index is 11.4. The van der Waals surface area contributed by atoms with Crippen molar-refractivity contribution in [1.29, 1.82) is 0 Å². The van der Waals surface area contributed by atoms with E-state index in [0.29, 0.717) is 19.7 Å². The van der Waals surface area contributed by atoms with Gasteiger partial charge in [-0.05, 0) is 6.92 Å². The molecule has 2 heterocycles. The van der Waals surface area contributed by atoms with Gasteiger partial charge in [-0.3, -0.25) is 4.79 Å². The van der Waals surface area contributed by atoms with Crippen LogP contribution in [0.25, 0.3) is 0 Å². The third-order valence-corrected chi connectivity index (χ3v) is 2.35. The summed E-state index contributed by atoms with van der Waals surface area (Å²) in [5, 5.41) is 9.37. The Morgan fingerprint density at radius 1 is 1.67 bits per heavy atom.